The van der Waals surface area contributed by atoms with Crippen LogP contribution >= 0.6 is 11.8 Å². The predicted octanol–water partition coefficient (Wildman–Crippen LogP) is 1.68. The fourth-order valence-corrected chi connectivity index (χ4v) is 2.46. The summed E-state index contributed by atoms with van der Waals surface area (Å²) in [5.41, 5.74) is 0. The number of carboxylic acids is 1. The lowest BCUT2D eigenvalue weighted by molar-refractivity contribution is -0.138. The lowest BCUT2D eigenvalue weighted by Crippen LogP contribution is -2.39. The van der Waals surface area contributed by atoms with Crippen molar-refractivity contribution < 1.29 is 9.90 Å². The van der Waals surface area contributed by atoms with Crippen LogP contribution in [0, 0.1) is 0 Å². The van der Waals surface area contributed by atoms with E-state index in [1.54, 1.807) is 11.8 Å². The molecule has 0 amide bonds. The maximum Gasteiger partial charge on any atom is 0.317 e. The van der Waals surface area contributed by atoms with Gasteiger partial charge in [-0.15, -0.1) is 0 Å². The molecule has 1 fully saturated rings. The van der Waals surface area contributed by atoms with E-state index in [0.717, 1.165) is 12.3 Å². The fraction of sp³-hybridized carbons (Fsp3) is 0.900. The van der Waals surface area contributed by atoms with Crippen molar-refractivity contribution in [1.82, 2.24) is 4.90 Å². The van der Waals surface area contributed by atoms with E-state index in [1.165, 1.54) is 25.7 Å². The number of thioether (sulfide) groups is 1. The maximum absolute atomic E-state index is 10.7. The first kappa shape index (κ1) is 11.9. The molecule has 82 valence electrons. The van der Waals surface area contributed by atoms with Gasteiger partial charge in [0, 0.05) is 18.3 Å². The molecule has 0 heterocycles. The number of rotatable bonds is 6. The van der Waals surface area contributed by atoms with E-state index >= 15 is 0 Å². The Bertz CT molecular complexity index is 181. The molecule has 1 N–H and O–H groups in total. The van der Waals surface area contributed by atoms with Gasteiger partial charge in [-0.2, -0.15) is 11.8 Å². The molecule has 1 rings (SSSR count). The molecular formula is C10H19NO2S. The second kappa shape index (κ2) is 6.30. The average molecular weight is 217 g/mol. The van der Waals surface area contributed by atoms with Gasteiger partial charge in [0.15, 0.2) is 0 Å². The van der Waals surface area contributed by atoms with Crippen molar-refractivity contribution in [2.45, 2.75) is 31.7 Å². The number of aliphatic carboxylic acids is 1. The quantitative estimate of drug-likeness (QED) is 0.735. The standard InChI is InChI=1S/C10H19NO2S/c1-14-7-6-11(8-10(12)13)9-4-2-3-5-9/h9H,2-8H2,1H3,(H,12,13). The minimum absolute atomic E-state index is 0.214. The lowest BCUT2D eigenvalue weighted by atomic mass is 10.2. The van der Waals surface area contributed by atoms with Crippen LogP contribution < -0.4 is 0 Å². The molecule has 0 bridgehead atoms. The van der Waals surface area contributed by atoms with Gasteiger partial charge < -0.3 is 5.11 Å². The van der Waals surface area contributed by atoms with Gasteiger partial charge in [-0.05, 0) is 19.1 Å². The molecule has 0 radical (unpaired) electrons. The molecule has 0 aromatic heterocycles. The van der Waals surface area contributed by atoms with Gasteiger partial charge in [0.1, 0.15) is 0 Å². The molecule has 0 unspecified atom stereocenters. The van der Waals surface area contributed by atoms with Gasteiger partial charge in [0.05, 0.1) is 6.54 Å². The molecule has 14 heavy (non-hydrogen) atoms. The van der Waals surface area contributed by atoms with Crippen LogP contribution in [0.3, 0.4) is 0 Å². The number of carboxylic acid groups (broad SMARTS) is 1. The van der Waals surface area contributed by atoms with E-state index in [9.17, 15) is 4.79 Å². The number of nitrogens with zero attached hydrogens (tertiary/aromatic N) is 1. The molecular weight excluding hydrogens is 198 g/mol. The second-order valence-electron chi connectivity index (χ2n) is 3.80. The predicted molar refractivity (Wildman–Crippen MR) is 59.8 cm³/mol. The summed E-state index contributed by atoms with van der Waals surface area (Å²) in [5, 5.41) is 8.80. The molecule has 3 nitrogen and oxygen atoms in total. The van der Waals surface area contributed by atoms with Gasteiger partial charge in [0.25, 0.3) is 0 Å². The summed E-state index contributed by atoms with van der Waals surface area (Å²) in [4.78, 5) is 12.8. The minimum atomic E-state index is -0.696. The van der Waals surface area contributed by atoms with E-state index in [4.69, 9.17) is 5.11 Å². The maximum atomic E-state index is 10.7. The van der Waals surface area contributed by atoms with Crippen LogP contribution in [0.25, 0.3) is 0 Å². The molecule has 1 saturated carbocycles. The van der Waals surface area contributed by atoms with E-state index < -0.39 is 5.97 Å². The van der Waals surface area contributed by atoms with Crippen LogP contribution in [0.15, 0.2) is 0 Å². The zero-order valence-electron chi connectivity index (χ0n) is 8.74. The van der Waals surface area contributed by atoms with Gasteiger partial charge in [-0.25, -0.2) is 0 Å². The Hall–Kier alpha value is -0.220. The highest BCUT2D eigenvalue weighted by atomic mass is 32.2. The average Bonchev–Trinajstić information content (AvgIpc) is 2.64. The largest absolute Gasteiger partial charge is 0.480 e. The molecule has 0 atom stereocenters. The van der Waals surface area contributed by atoms with Gasteiger partial charge in [0.2, 0.25) is 0 Å². The highest BCUT2D eigenvalue weighted by molar-refractivity contribution is 7.98. The molecule has 0 aliphatic heterocycles. The fourth-order valence-electron chi connectivity index (χ4n) is 2.04. The van der Waals surface area contributed by atoms with Crippen molar-refractivity contribution in [1.29, 1.82) is 0 Å². The first-order chi connectivity index (χ1) is 6.74. The van der Waals surface area contributed by atoms with Gasteiger partial charge >= 0.3 is 5.97 Å². The van der Waals surface area contributed by atoms with E-state index in [1.807, 2.05) is 0 Å². The van der Waals surface area contributed by atoms with Crippen molar-refractivity contribution in [3.8, 4) is 0 Å². The number of carbonyl (C=O) groups is 1. The minimum Gasteiger partial charge on any atom is -0.480 e. The zero-order valence-corrected chi connectivity index (χ0v) is 9.55. The Morgan fingerprint density at radius 3 is 2.64 bits per heavy atom. The topological polar surface area (TPSA) is 40.5 Å². The first-order valence-corrected chi connectivity index (χ1v) is 6.58. The van der Waals surface area contributed by atoms with Gasteiger partial charge in [-0.3, -0.25) is 9.69 Å². The monoisotopic (exact) mass is 217 g/mol. The van der Waals surface area contributed by atoms with E-state index in [-0.39, 0.29) is 6.54 Å². The Morgan fingerprint density at radius 2 is 2.14 bits per heavy atom. The SMILES string of the molecule is CSCCN(CC(=O)O)C1CCCC1. The smallest absolute Gasteiger partial charge is 0.317 e. The van der Waals surface area contributed by atoms with Crippen LogP contribution in [0.2, 0.25) is 0 Å². The van der Waals surface area contributed by atoms with Crippen molar-refractivity contribution >= 4 is 17.7 Å². The van der Waals surface area contributed by atoms with E-state index in [0.29, 0.717) is 6.04 Å². The van der Waals surface area contributed by atoms with Crippen LogP contribution in [-0.2, 0) is 4.79 Å². The molecule has 1 aliphatic carbocycles. The normalized spacial score (nSPS) is 17.9. The summed E-state index contributed by atoms with van der Waals surface area (Å²) in [6.45, 7) is 1.13. The summed E-state index contributed by atoms with van der Waals surface area (Å²) in [5.74, 6) is 0.335. The van der Waals surface area contributed by atoms with E-state index in [2.05, 4.69) is 11.2 Å². The van der Waals surface area contributed by atoms with Crippen molar-refractivity contribution in [2.75, 3.05) is 25.1 Å². The molecule has 0 aromatic rings. The zero-order chi connectivity index (χ0) is 10.4. The van der Waals surface area contributed by atoms with Crippen molar-refractivity contribution in [3.05, 3.63) is 0 Å². The van der Waals surface area contributed by atoms with Crippen molar-refractivity contribution in [3.63, 3.8) is 0 Å². The molecule has 0 aromatic carbocycles. The Morgan fingerprint density at radius 1 is 1.50 bits per heavy atom. The van der Waals surface area contributed by atoms with Crippen LogP contribution in [0.4, 0.5) is 0 Å². The van der Waals surface area contributed by atoms with Crippen LogP contribution in [-0.4, -0.2) is 47.1 Å². The highest BCUT2D eigenvalue weighted by Crippen LogP contribution is 2.23. The first-order valence-electron chi connectivity index (χ1n) is 5.19. The number of hydrogen-bond acceptors (Lipinski definition) is 3. The van der Waals surface area contributed by atoms with Gasteiger partial charge in [-0.1, -0.05) is 12.8 Å². The molecule has 1 aliphatic rings. The summed E-state index contributed by atoms with van der Waals surface area (Å²) in [6.07, 6.45) is 6.96. The summed E-state index contributed by atoms with van der Waals surface area (Å²) >= 11 is 1.78. The van der Waals surface area contributed by atoms with Crippen LogP contribution in [0.5, 0.6) is 0 Å². The third kappa shape index (κ3) is 3.88. The van der Waals surface area contributed by atoms with Crippen LogP contribution in [0.1, 0.15) is 25.7 Å². The highest BCUT2D eigenvalue weighted by Gasteiger charge is 2.23. The molecule has 0 saturated heterocycles. The number of hydrogen-bond donors (Lipinski definition) is 1. The second-order valence-corrected chi connectivity index (χ2v) is 4.78. The van der Waals surface area contributed by atoms with Crippen molar-refractivity contribution in [2.24, 2.45) is 0 Å². The molecule has 0 spiro atoms. The Balaban J connectivity index is 2.37. The Kier molecular flexibility index (Phi) is 5.33. The lowest BCUT2D eigenvalue weighted by Gasteiger charge is -2.26. The third-order valence-electron chi connectivity index (χ3n) is 2.76. The summed E-state index contributed by atoms with van der Waals surface area (Å²) < 4.78 is 0. The third-order valence-corrected chi connectivity index (χ3v) is 3.35. The summed E-state index contributed by atoms with van der Waals surface area (Å²) in [7, 11) is 0. The molecule has 4 heteroatoms. The Labute approximate surface area is 89.9 Å². The summed E-state index contributed by atoms with van der Waals surface area (Å²) in [6, 6.07) is 0.526.